The molecule has 0 aliphatic rings. The molecule has 0 amide bonds. The van der Waals surface area contributed by atoms with Crippen molar-refractivity contribution < 1.29 is 24.2 Å². The number of rotatable bonds is 27. The molecule has 0 radical (unpaired) electrons. The highest BCUT2D eigenvalue weighted by Crippen LogP contribution is 2.16. The Morgan fingerprint density at radius 2 is 1.05 bits per heavy atom. The second-order valence-corrected chi connectivity index (χ2v) is 11.6. The van der Waals surface area contributed by atoms with Crippen LogP contribution in [0.3, 0.4) is 0 Å². The predicted octanol–water partition coefficient (Wildman–Crippen LogP) is 8.94. The van der Waals surface area contributed by atoms with Gasteiger partial charge in [-0.15, -0.1) is 0 Å². The molecule has 0 aromatic carbocycles. The van der Waals surface area contributed by atoms with Gasteiger partial charge in [-0.1, -0.05) is 137 Å². The SMILES string of the molecule is CCC(C)CCCCCCCCCCC(=O)OC[C@H](CO)OC(=O)CCCCCCCCCCC(C)C. The van der Waals surface area contributed by atoms with Gasteiger partial charge in [0, 0.05) is 12.8 Å². The lowest BCUT2D eigenvalue weighted by molar-refractivity contribution is -0.161. The molecular weight excluding hydrogens is 464 g/mol. The van der Waals surface area contributed by atoms with Crippen molar-refractivity contribution in [3.8, 4) is 0 Å². The molecule has 0 bridgehead atoms. The molecule has 0 heterocycles. The molecule has 0 spiro atoms. The van der Waals surface area contributed by atoms with E-state index in [1.54, 1.807) is 0 Å². The number of aliphatic hydroxyl groups excluding tert-OH is 1. The van der Waals surface area contributed by atoms with Crippen LogP contribution in [-0.4, -0.2) is 36.4 Å². The third-order valence-corrected chi connectivity index (χ3v) is 7.37. The van der Waals surface area contributed by atoms with Crippen LogP contribution in [0.5, 0.6) is 0 Å². The summed E-state index contributed by atoms with van der Waals surface area (Å²) in [7, 11) is 0. The molecule has 0 saturated heterocycles. The highest BCUT2D eigenvalue weighted by atomic mass is 16.6. The zero-order valence-corrected chi connectivity index (χ0v) is 25.1. The Labute approximate surface area is 229 Å². The third kappa shape index (κ3) is 26.3. The zero-order chi connectivity index (χ0) is 27.6. The highest BCUT2D eigenvalue weighted by molar-refractivity contribution is 5.70. The summed E-state index contributed by atoms with van der Waals surface area (Å²) in [6, 6.07) is 0. The van der Waals surface area contributed by atoms with E-state index in [2.05, 4.69) is 27.7 Å². The molecule has 5 nitrogen and oxygen atoms in total. The van der Waals surface area contributed by atoms with Crippen LogP contribution in [0, 0.1) is 11.8 Å². The van der Waals surface area contributed by atoms with Crippen LogP contribution in [-0.2, 0) is 19.1 Å². The summed E-state index contributed by atoms with van der Waals surface area (Å²) in [6.07, 6.45) is 23.0. The molecule has 0 aromatic heterocycles. The van der Waals surface area contributed by atoms with Gasteiger partial charge in [0.1, 0.15) is 6.61 Å². The Balaban J connectivity index is 3.60. The van der Waals surface area contributed by atoms with Crippen LogP contribution in [0.25, 0.3) is 0 Å². The van der Waals surface area contributed by atoms with Crippen LogP contribution >= 0.6 is 0 Å². The summed E-state index contributed by atoms with van der Waals surface area (Å²) < 4.78 is 10.5. The quantitative estimate of drug-likeness (QED) is 0.0854. The molecule has 1 N–H and O–H groups in total. The number of esters is 2. The van der Waals surface area contributed by atoms with E-state index >= 15 is 0 Å². The van der Waals surface area contributed by atoms with E-state index in [-0.39, 0.29) is 25.2 Å². The fourth-order valence-electron chi connectivity index (χ4n) is 4.54. The summed E-state index contributed by atoms with van der Waals surface area (Å²) in [4.78, 5) is 24.0. The highest BCUT2D eigenvalue weighted by Gasteiger charge is 2.16. The average Bonchev–Trinajstić information content (AvgIpc) is 2.88. The van der Waals surface area contributed by atoms with E-state index < -0.39 is 6.10 Å². The van der Waals surface area contributed by atoms with Crippen LogP contribution in [0.15, 0.2) is 0 Å². The molecule has 0 fully saturated rings. The van der Waals surface area contributed by atoms with Gasteiger partial charge in [0.05, 0.1) is 6.61 Å². The minimum absolute atomic E-state index is 0.0610. The second kappa shape index (κ2) is 26.5. The Morgan fingerprint density at radius 3 is 1.51 bits per heavy atom. The number of hydrogen-bond acceptors (Lipinski definition) is 5. The molecular formula is C32H62O5. The molecule has 1 unspecified atom stereocenters. The zero-order valence-electron chi connectivity index (χ0n) is 25.1. The van der Waals surface area contributed by atoms with Gasteiger partial charge in [-0.2, -0.15) is 0 Å². The maximum Gasteiger partial charge on any atom is 0.306 e. The van der Waals surface area contributed by atoms with Crippen molar-refractivity contribution in [2.24, 2.45) is 11.8 Å². The minimum Gasteiger partial charge on any atom is -0.462 e. The first-order valence-corrected chi connectivity index (χ1v) is 15.8. The Bertz CT molecular complexity index is 519. The second-order valence-electron chi connectivity index (χ2n) is 11.6. The maximum absolute atomic E-state index is 12.0. The molecule has 0 aromatic rings. The first kappa shape index (κ1) is 35.9. The van der Waals surface area contributed by atoms with Crippen LogP contribution in [0.1, 0.15) is 163 Å². The summed E-state index contributed by atoms with van der Waals surface area (Å²) in [5.41, 5.74) is 0. The topological polar surface area (TPSA) is 72.8 Å². The third-order valence-electron chi connectivity index (χ3n) is 7.37. The van der Waals surface area contributed by atoms with Crippen molar-refractivity contribution in [3.05, 3.63) is 0 Å². The average molecular weight is 527 g/mol. The normalized spacial score (nSPS) is 13.0. The molecule has 5 heteroatoms. The number of hydrogen-bond donors (Lipinski definition) is 1. The summed E-state index contributed by atoms with van der Waals surface area (Å²) >= 11 is 0. The molecule has 0 rings (SSSR count). The fourth-order valence-corrected chi connectivity index (χ4v) is 4.54. The van der Waals surface area contributed by atoms with Crippen LogP contribution < -0.4 is 0 Å². The van der Waals surface area contributed by atoms with Crippen LogP contribution in [0.4, 0.5) is 0 Å². The lowest BCUT2D eigenvalue weighted by Crippen LogP contribution is -2.28. The fraction of sp³-hybridized carbons (Fsp3) is 0.938. The molecule has 37 heavy (non-hydrogen) atoms. The van der Waals surface area contributed by atoms with Gasteiger partial charge in [0.2, 0.25) is 0 Å². The van der Waals surface area contributed by atoms with Crippen molar-refractivity contribution >= 4 is 11.9 Å². The van der Waals surface area contributed by atoms with Gasteiger partial charge in [-0.05, 0) is 24.7 Å². The van der Waals surface area contributed by atoms with E-state index in [1.165, 1.54) is 83.5 Å². The molecule has 0 aliphatic carbocycles. The Hall–Kier alpha value is -1.10. The van der Waals surface area contributed by atoms with Crippen LogP contribution in [0.2, 0.25) is 0 Å². The number of carbonyl (C=O) groups excluding carboxylic acids is 2. The molecule has 0 aliphatic heterocycles. The van der Waals surface area contributed by atoms with Gasteiger partial charge in [0.25, 0.3) is 0 Å². The van der Waals surface area contributed by atoms with Crippen molar-refractivity contribution in [3.63, 3.8) is 0 Å². The van der Waals surface area contributed by atoms with Gasteiger partial charge in [-0.25, -0.2) is 0 Å². The van der Waals surface area contributed by atoms with E-state index in [0.717, 1.165) is 50.4 Å². The summed E-state index contributed by atoms with van der Waals surface area (Å²) in [5, 5.41) is 9.47. The smallest absolute Gasteiger partial charge is 0.306 e. The lowest BCUT2D eigenvalue weighted by Gasteiger charge is -2.15. The number of carbonyl (C=O) groups is 2. The first-order valence-electron chi connectivity index (χ1n) is 15.8. The number of unbranched alkanes of at least 4 members (excludes halogenated alkanes) is 14. The number of aliphatic hydroxyl groups is 1. The van der Waals surface area contributed by atoms with Gasteiger partial charge in [0.15, 0.2) is 6.10 Å². The van der Waals surface area contributed by atoms with E-state index in [4.69, 9.17) is 9.47 Å². The lowest BCUT2D eigenvalue weighted by atomic mass is 9.99. The van der Waals surface area contributed by atoms with E-state index in [0.29, 0.717) is 12.8 Å². The standard InChI is InChI=1S/C32H62O5/c1-5-29(4)23-19-15-11-7-9-12-16-20-24-31(34)36-27-30(26-33)37-32(35)25-21-17-13-8-6-10-14-18-22-28(2)3/h28-30,33H,5-27H2,1-4H3/t29?,30-/m0/s1. The molecule has 2 atom stereocenters. The van der Waals surface area contributed by atoms with Gasteiger partial charge in [-0.3, -0.25) is 9.59 Å². The maximum atomic E-state index is 12.0. The first-order chi connectivity index (χ1) is 17.9. The predicted molar refractivity (Wildman–Crippen MR) is 155 cm³/mol. The minimum atomic E-state index is -0.761. The Morgan fingerprint density at radius 1 is 0.622 bits per heavy atom. The van der Waals surface area contributed by atoms with E-state index in [9.17, 15) is 14.7 Å². The van der Waals surface area contributed by atoms with Crippen molar-refractivity contribution in [2.75, 3.05) is 13.2 Å². The van der Waals surface area contributed by atoms with Crippen molar-refractivity contribution in [1.82, 2.24) is 0 Å². The number of ether oxygens (including phenoxy) is 2. The van der Waals surface area contributed by atoms with Crippen molar-refractivity contribution in [1.29, 1.82) is 0 Å². The van der Waals surface area contributed by atoms with Gasteiger partial charge < -0.3 is 14.6 Å². The summed E-state index contributed by atoms with van der Waals surface area (Å²) in [5.74, 6) is 1.08. The molecule has 0 saturated carbocycles. The van der Waals surface area contributed by atoms with E-state index in [1.807, 2.05) is 0 Å². The van der Waals surface area contributed by atoms with Gasteiger partial charge >= 0.3 is 11.9 Å². The van der Waals surface area contributed by atoms with Crippen molar-refractivity contribution in [2.45, 2.75) is 169 Å². The molecule has 220 valence electrons. The monoisotopic (exact) mass is 526 g/mol. The largest absolute Gasteiger partial charge is 0.462 e. The summed E-state index contributed by atoms with van der Waals surface area (Å²) in [6.45, 7) is 8.77. The Kier molecular flexibility index (Phi) is 25.7.